The van der Waals surface area contributed by atoms with Gasteiger partial charge in [-0.15, -0.1) is 0 Å². The van der Waals surface area contributed by atoms with E-state index < -0.39 is 0 Å². The maximum absolute atomic E-state index is 3.76. The molecule has 1 heterocycles. The van der Waals surface area contributed by atoms with E-state index in [4.69, 9.17) is 0 Å². The molecule has 1 spiro atoms. The summed E-state index contributed by atoms with van der Waals surface area (Å²) in [5.74, 6) is 0.872. The molecule has 1 nitrogen and oxygen atoms in total. The molecule has 2 aliphatic rings. The van der Waals surface area contributed by atoms with Gasteiger partial charge in [-0.25, -0.2) is 0 Å². The molecule has 0 aromatic heterocycles. The second-order valence-corrected chi connectivity index (χ2v) is 5.93. The van der Waals surface area contributed by atoms with E-state index in [9.17, 15) is 0 Å². The highest BCUT2D eigenvalue weighted by Crippen LogP contribution is 2.54. The molecule has 1 aromatic carbocycles. The smallest absolute Gasteiger partial charge is 0.0380 e. The Morgan fingerprint density at radius 2 is 1.94 bits per heavy atom. The van der Waals surface area contributed by atoms with Crippen molar-refractivity contribution in [1.29, 1.82) is 0 Å². The van der Waals surface area contributed by atoms with Crippen molar-refractivity contribution in [3.8, 4) is 0 Å². The lowest BCUT2D eigenvalue weighted by Crippen LogP contribution is -2.37. The summed E-state index contributed by atoms with van der Waals surface area (Å²) >= 11 is 0. The van der Waals surface area contributed by atoms with Crippen LogP contribution in [0.4, 0.5) is 0 Å². The fourth-order valence-corrected chi connectivity index (χ4v) is 4.13. The Balaban J connectivity index is 1.93. The third-order valence-corrected chi connectivity index (χ3v) is 5.16. The maximum Gasteiger partial charge on any atom is 0.0380 e. The van der Waals surface area contributed by atoms with Crippen LogP contribution in [0.25, 0.3) is 0 Å². The van der Waals surface area contributed by atoms with Crippen LogP contribution in [0, 0.1) is 11.3 Å². The number of nitrogens with one attached hydrogen (secondary N) is 1. The Bertz CT molecular complexity index is 372. The van der Waals surface area contributed by atoms with Gasteiger partial charge in [0.2, 0.25) is 0 Å². The molecule has 1 N–H and O–H groups in total. The van der Waals surface area contributed by atoms with Crippen molar-refractivity contribution in [2.45, 2.75) is 45.1 Å². The SMILES string of the molecule is CC1CCCCC12CCNC2c1ccccc1. The number of hydrogen-bond donors (Lipinski definition) is 1. The minimum absolute atomic E-state index is 0.541. The van der Waals surface area contributed by atoms with E-state index in [0.717, 1.165) is 5.92 Å². The normalized spacial score (nSPS) is 37.5. The van der Waals surface area contributed by atoms with E-state index in [0.29, 0.717) is 11.5 Å². The molecular weight excluding hydrogens is 206 g/mol. The van der Waals surface area contributed by atoms with Crippen molar-refractivity contribution < 1.29 is 0 Å². The highest BCUT2D eigenvalue weighted by Gasteiger charge is 2.47. The van der Waals surface area contributed by atoms with Gasteiger partial charge < -0.3 is 5.32 Å². The zero-order valence-corrected chi connectivity index (χ0v) is 10.8. The predicted octanol–water partition coefficient (Wildman–Crippen LogP) is 3.92. The van der Waals surface area contributed by atoms with E-state index in [1.165, 1.54) is 44.2 Å². The average Bonchev–Trinajstić information content (AvgIpc) is 2.79. The Kier molecular flexibility index (Phi) is 2.96. The van der Waals surface area contributed by atoms with Crippen molar-refractivity contribution >= 4 is 0 Å². The molecular formula is C16H23N. The Morgan fingerprint density at radius 1 is 1.12 bits per heavy atom. The van der Waals surface area contributed by atoms with Gasteiger partial charge in [-0.1, -0.05) is 56.5 Å². The van der Waals surface area contributed by atoms with E-state index in [1.54, 1.807) is 0 Å². The van der Waals surface area contributed by atoms with Crippen LogP contribution in [0.1, 0.15) is 50.6 Å². The highest BCUT2D eigenvalue weighted by molar-refractivity contribution is 5.24. The van der Waals surface area contributed by atoms with Gasteiger partial charge in [0.15, 0.2) is 0 Å². The molecule has 17 heavy (non-hydrogen) atoms. The molecule has 1 aliphatic heterocycles. The summed E-state index contributed by atoms with van der Waals surface area (Å²) in [6, 6.07) is 11.7. The second kappa shape index (κ2) is 4.45. The summed E-state index contributed by atoms with van der Waals surface area (Å²) in [6.07, 6.45) is 7.07. The summed E-state index contributed by atoms with van der Waals surface area (Å²) in [4.78, 5) is 0. The molecule has 1 heteroatoms. The monoisotopic (exact) mass is 229 g/mol. The minimum Gasteiger partial charge on any atom is -0.309 e. The second-order valence-electron chi connectivity index (χ2n) is 5.93. The van der Waals surface area contributed by atoms with Crippen molar-refractivity contribution in [3.63, 3.8) is 0 Å². The third kappa shape index (κ3) is 1.81. The maximum atomic E-state index is 3.76. The summed E-state index contributed by atoms with van der Waals surface area (Å²) in [6.45, 7) is 3.67. The summed E-state index contributed by atoms with van der Waals surface area (Å²) in [5, 5.41) is 3.76. The zero-order valence-electron chi connectivity index (χ0n) is 10.8. The fourth-order valence-electron chi connectivity index (χ4n) is 4.13. The zero-order chi connectivity index (χ0) is 11.7. The Morgan fingerprint density at radius 3 is 2.71 bits per heavy atom. The van der Waals surface area contributed by atoms with E-state index in [-0.39, 0.29) is 0 Å². The first-order chi connectivity index (χ1) is 8.33. The molecule has 3 unspecified atom stereocenters. The Hall–Kier alpha value is -0.820. The van der Waals surface area contributed by atoms with Crippen LogP contribution in [0.2, 0.25) is 0 Å². The van der Waals surface area contributed by atoms with Gasteiger partial charge in [0.25, 0.3) is 0 Å². The highest BCUT2D eigenvalue weighted by atomic mass is 15.0. The van der Waals surface area contributed by atoms with Gasteiger partial charge >= 0.3 is 0 Å². The third-order valence-electron chi connectivity index (χ3n) is 5.16. The molecule has 92 valence electrons. The van der Waals surface area contributed by atoms with Crippen LogP contribution in [0.5, 0.6) is 0 Å². The minimum atomic E-state index is 0.541. The number of benzene rings is 1. The van der Waals surface area contributed by atoms with Crippen molar-refractivity contribution in [1.82, 2.24) is 5.32 Å². The van der Waals surface area contributed by atoms with Gasteiger partial charge in [0.05, 0.1) is 0 Å². The molecule has 0 bridgehead atoms. The molecule has 1 aromatic rings. The average molecular weight is 229 g/mol. The summed E-state index contributed by atoms with van der Waals surface area (Å²) in [5.41, 5.74) is 2.04. The van der Waals surface area contributed by atoms with Crippen LogP contribution >= 0.6 is 0 Å². The topological polar surface area (TPSA) is 12.0 Å². The van der Waals surface area contributed by atoms with E-state index >= 15 is 0 Å². The fraction of sp³-hybridized carbons (Fsp3) is 0.625. The van der Waals surface area contributed by atoms with E-state index in [2.05, 4.69) is 42.6 Å². The van der Waals surface area contributed by atoms with Crippen LogP contribution < -0.4 is 5.32 Å². The first-order valence-electron chi connectivity index (χ1n) is 7.11. The predicted molar refractivity (Wildman–Crippen MR) is 71.9 cm³/mol. The van der Waals surface area contributed by atoms with Gasteiger partial charge in [0, 0.05) is 6.04 Å². The first kappa shape index (κ1) is 11.3. The lowest BCUT2D eigenvalue weighted by Gasteiger charge is -2.44. The molecule has 1 aliphatic carbocycles. The lowest BCUT2D eigenvalue weighted by molar-refractivity contribution is 0.0895. The van der Waals surface area contributed by atoms with Crippen LogP contribution in [0.15, 0.2) is 30.3 Å². The number of hydrogen-bond acceptors (Lipinski definition) is 1. The standard InChI is InChI=1S/C16H23N/c1-13-7-5-6-10-16(13)11-12-17-15(16)14-8-3-2-4-9-14/h2-4,8-9,13,15,17H,5-7,10-12H2,1H3. The van der Waals surface area contributed by atoms with Crippen LogP contribution in [-0.4, -0.2) is 6.54 Å². The Labute approximate surface area is 105 Å². The van der Waals surface area contributed by atoms with Crippen LogP contribution in [0.3, 0.4) is 0 Å². The van der Waals surface area contributed by atoms with Gasteiger partial charge in [-0.3, -0.25) is 0 Å². The molecule has 2 fully saturated rings. The summed E-state index contributed by atoms with van der Waals surface area (Å²) < 4.78 is 0. The van der Waals surface area contributed by atoms with Crippen molar-refractivity contribution in [2.75, 3.05) is 6.54 Å². The largest absolute Gasteiger partial charge is 0.309 e. The number of rotatable bonds is 1. The first-order valence-corrected chi connectivity index (χ1v) is 7.11. The van der Waals surface area contributed by atoms with Gasteiger partial charge in [0.1, 0.15) is 0 Å². The van der Waals surface area contributed by atoms with E-state index in [1.807, 2.05) is 0 Å². The molecule has 0 radical (unpaired) electrons. The molecule has 3 rings (SSSR count). The molecule has 1 saturated heterocycles. The molecule has 3 atom stereocenters. The summed E-state index contributed by atoms with van der Waals surface area (Å²) in [7, 11) is 0. The van der Waals surface area contributed by atoms with Crippen molar-refractivity contribution in [2.24, 2.45) is 11.3 Å². The van der Waals surface area contributed by atoms with Crippen molar-refractivity contribution in [3.05, 3.63) is 35.9 Å². The van der Waals surface area contributed by atoms with Gasteiger partial charge in [-0.05, 0) is 36.3 Å². The quantitative estimate of drug-likeness (QED) is 0.769. The van der Waals surface area contributed by atoms with Gasteiger partial charge in [-0.2, -0.15) is 0 Å². The molecule has 0 amide bonds. The molecule has 1 saturated carbocycles. The van der Waals surface area contributed by atoms with Crippen LogP contribution in [-0.2, 0) is 0 Å². The lowest BCUT2D eigenvalue weighted by atomic mass is 9.61.